The van der Waals surface area contributed by atoms with Crippen LogP contribution in [-0.2, 0) is 0 Å². The topological polar surface area (TPSA) is 43.7 Å². The highest BCUT2D eigenvalue weighted by Gasteiger charge is 2.17. The molecule has 1 aromatic rings. The van der Waals surface area contributed by atoms with Gasteiger partial charge in [0.25, 0.3) is 0 Å². The Morgan fingerprint density at radius 3 is 2.29 bits per heavy atom. The molecule has 0 unspecified atom stereocenters. The van der Waals surface area contributed by atoms with Crippen LogP contribution in [0.2, 0.25) is 0 Å². The molecule has 2 N–H and O–H groups in total. The Kier molecular flexibility index (Phi) is 8.62. The Morgan fingerprint density at radius 1 is 1.17 bits per heavy atom. The molecule has 0 fully saturated rings. The van der Waals surface area contributed by atoms with Crippen molar-refractivity contribution in [1.82, 2.24) is 0 Å². The lowest BCUT2D eigenvalue weighted by Crippen LogP contribution is -2.30. The van der Waals surface area contributed by atoms with Gasteiger partial charge in [-0.3, -0.25) is 0 Å². The number of benzene rings is 1. The maximum Gasteiger partial charge on any atom is 0.488 e. The van der Waals surface area contributed by atoms with Crippen molar-refractivity contribution in [2.24, 2.45) is 0 Å². The Hall–Kier alpha value is -2.30. The summed E-state index contributed by atoms with van der Waals surface area (Å²) in [6.07, 6.45) is 13.6. The van der Waals surface area contributed by atoms with Crippen LogP contribution in [0.4, 0.5) is 5.69 Å². The second kappa shape index (κ2) is 10.5. The van der Waals surface area contributed by atoms with Crippen LogP contribution >= 0.6 is 0 Å². The van der Waals surface area contributed by atoms with Gasteiger partial charge in [-0.25, -0.2) is 0 Å². The summed E-state index contributed by atoms with van der Waals surface area (Å²) in [5.41, 5.74) is 3.50. The van der Waals surface area contributed by atoms with Crippen LogP contribution in [0.1, 0.15) is 26.7 Å². The predicted molar refractivity (Wildman–Crippen MR) is 105 cm³/mol. The highest BCUT2D eigenvalue weighted by atomic mass is 16.4. The highest BCUT2D eigenvalue weighted by molar-refractivity contribution is 6.58. The Labute approximate surface area is 145 Å². The number of hydrogen-bond donors (Lipinski definition) is 2. The molecule has 1 aromatic carbocycles. The SMILES string of the molecule is C=C/C=C(\C=C)N(C1=CC=CCC1)c1ccc(B(O)O)cc1.CC. The summed E-state index contributed by atoms with van der Waals surface area (Å²) >= 11 is 0. The maximum absolute atomic E-state index is 9.22. The van der Waals surface area contributed by atoms with Gasteiger partial charge in [-0.15, -0.1) is 0 Å². The lowest BCUT2D eigenvalue weighted by molar-refractivity contribution is 0.426. The number of anilines is 1. The molecular formula is C20H26BNO2. The molecule has 126 valence electrons. The molecule has 0 amide bonds. The molecule has 0 heterocycles. The van der Waals surface area contributed by atoms with Crippen LogP contribution in [-0.4, -0.2) is 17.2 Å². The largest absolute Gasteiger partial charge is 0.488 e. The average Bonchev–Trinajstić information content (AvgIpc) is 2.64. The van der Waals surface area contributed by atoms with Gasteiger partial charge < -0.3 is 14.9 Å². The van der Waals surface area contributed by atoms with Crippen molar-refractivity contribution in [3.63, 3.8) is 0 Å². The summed E-state index contributed by atoms with van der Waals surface area (Å²) < 4.78 is 0. The van der Waals surface area contributed by atoms with Gasteiger partial charge in [0.15, 0.2) is 0 Å². The first-order valence-corrected chi connectivity index (χ1v) is 8.24. The number of rotatable bonds is 6. The van der Waals surface area contributed by atoms with E-state index in [1.807, 2.05) is 38.1 Å². The van der Waals surface area contributed by atoms with E-state index in [0.29, 0.717) is 5.46 Å². The van der Waals surface area contributed by atoms with E-state index >= 15 is 0 Å². The standard InChI is InChI=1S/C18H20BNO2.C2H6/c1-3-8-16(4-2)20(17-9-6-5-7-10-17)18-13-11-15(12-14-18)19(21)22;1-2/h3-6,8-9,11-14,21-22H,1-2,7,10H2;1-2H3/b16-8+;. The fraction of sp³-hybridized carbons (Fsp3) is 0.200. The summed E-state index contributed by atoms with van der Waals surface area (Å²) in [7, 11) is -1.46. The van der Waals surface area contributed by atoms with Crippen LogP contribution < -0.4 is 10.4 Å². The van der Waals surface area contributed by atoms with Gasteiger partial charge in [0.2, 0.25) is 0 Å². The molecule has 0 aromatic heterocycles. The van der Waals surface area contributed by atoms with Crippen molar-refractivity contribution >= 4 is 18.3 Å². The van der Waals surface area contributed by atoms with E-state index in [4.69, 9.17) is 0 Å². The molecule has 0 radical (unpaired) electrons. The van der Waals surface area contributed by atoms with E-state index in [2.05, 4.69) is 30.2 Å². The van der Waals surface area contributed by atoms with Crippen LogP contribution in [0.5, 0.6) is 0 Å². The number of nitrogens with zero attached hydrogens (tertiary/aromatic N) is 1. The summed E-state index contributed by atoms with van der Waals surface area (Å²) in [5, 5.41) is 18.4. The van der Waals surface area contributed by atoms with Gasteiger partial charge >= 0.3 is 7.12 Å². The third-order valence-electron chi connectivity index (χ3n) is 3.48. The molecule has 4 heteroatoms. The summed E-state index contributed by atoms with van der Waals surface area (Å²) in [6, 6.07) is 7.16. The summed E-state index contributed by atoms with van der Waals surface area (Å²) in [6.45, 7) is 11.6. The molecule has 1 aliphatic rings. The van der Waals surface area contributed by atoms with E-state index in [-0.39, 0.29) is 0 Å². The smallest absolute Gasteiger partial charge is 0.423 e. The monoisotopic (exact) mass is 323 g/mol. The molecular weight excluding hydrogens is 297 g/mol. The fourth-order valence-corrected chi connectivity index (χ4v) is 2.41. The molecule has 24 heavy (non-hydrogen) atoms. The zero-order valence-electron chi connectivity index (χ0n) is 14.5. The third-order valence-corrected chi connectivity index (χ3v) is 3.48. The van der Waals surface area contributed by atoms with Gasteiger partial charge in [0.1, 0.15) is 0 Å². The lowest BCUT2D eigenvalue weighted by Gasteiger charge is -2.29. The Morgan fingerprint density at radius 2 is 1.83 bits per heavy atom. The molecule has 0 saturated carbocycles. The van der Waals surface area contributed by atoms with Crippen LogP contribution in [0.15, 0.2) is 85.3 Å². The first-order valence-electron chi connectivity index (χ1n) is 8.24. The van der Waals surface area contributed by atoms with Crippen LogP contribution in [0.3, 0.4) is 0 Å². The molecule has 0 saturated heterocycles. The van der Waals surface area contributed by atoms with E-state index in [1.165, 1.54) is 0 Å². The van der Waals surface area contributed by atoms with E-state index in [0.717, 1.165) is 29.9 Å². The lowest BCUT2D eigenvalue weighted by atomic mass is 9.80. The van der Waals surface area contributed by atoms with Crippen molar-refractivity contribution in [3.05, 3.63) is 85.3 Å². The maximum atomic E-state index is 9.22. The second-order valence-electron chi connectivity index (χ2n) is 4.96. The molecule has 0 aliphatic heterocycles. The van der Waals surface area contributed by atoms with Gasteiger partial charge in [-0.05, 0) is 48.7 Å². The number of allylic oxidation sites excluding steroid dienone is 7. The first kappa shape index (κ1) is 19.8. The minimum absolute atomic E-state index is 0.467. The van der Waals surface area contributed by atoms with E-state index in [1.54, 1.807) is 24.3 Å². The Bertz CT molecular complexity index is 628. The van der Waals surface area contributed by atoms with Crippen LogP contribution in [0.25, 0.3) is 0 Å². The molecule has 3 nitrogen and oxygen atoms in total. The van der Waals surface area contributed by atoms with Crippen molar-refractivity contribution in [2.75, 3.05) is 4.90 Å². The summed E-state index contributed by atoms with van der Waals surface area (Å²) in [5.74, 6) is 0. The molecule has 0 spiro atoms. The zero-order valence-corrected chi connectivity index (χ0v) is 14.5. The quantitative estimate of drug-likeness (QED) is 0.620. The highest BCUT2D eigenvalue weighted by Crippen LogP contribution is 2.28. The average molecular weight is 323 g/mol. The van der Waals surface area contributed by atoms with E-state index in [9.17, 15) is 10.0 Å². The number of hydrogen-bond acceptors (Lipinski definition) is 3. The minimum Gasteiger partial charge on any atom is -0.423 e. The third kappa shape index (κ3) is 5.12. The predicted octanol–water partition coefficient (Wildman–Crippen LogP) is 3.69. The van der Waals surface area contributed by atoms with Gasteiger partial charge in [-0.1, -0.05) is 57.4 Å². The minimum atomic E-state index is -1.46. The van der Waals surface area contributed by atoms with Crippen molar-refractivity contribution in [3.8, 4) is 0 Å². The molecule has 0 bridgehead atoms. The van der Waals surface area contributed by atoms with E-state index < -0.39 is 7.12 Å². The van der Waals surface area contributed by atoms with Crippen molar-refractivity contribution in [1.29, 1.82) is 0 Å². The van der Waals surface area contributed by atoms with Gasteiger partial charge in [-0.2, -0.15) is 0 Å². The van der Waals surface area contributed by atoms with Gasteiger partial charge in [0.05, 0.1) is 0 Å². The molecule has 2 rings (SSSR count). The van der Waals surface area contributed by atoms with Crippen molar-refractivity contribution < 1.29 is 10.0 Å². The fourth-order valence-electron chi connectivity index (χ4n) is 2.41. The molecule has 0 atom stereocenters. The first-order chi connectivity index (χ1) is 11.7. The zero-order chi connectivity index (χ0) is 17.9. The molecule has 1 aliphatic carbocycles. The summed E-state index contributed by atoms with van der Waals surface area (Å²) in [4.78, 5) is 2.10. The normalized spacial score (nSPS) is 13.3. The van der Waals surface area contributed by atoms with Gasteiger partial charge in [0, 0.05) is 17.1 Å². The Balaban J connectivity index is 0.00000139. The van der Waals surface area contributed by atoms with Crippen molar-refractivity contribution in [2.45, 2.75) is 26.7 Å². The second-order valence-corrected chi connectivity index (χ2v) is 4.96. The van der Waals surface area contributed by atoms with Crippen LogP contribution in [0, 0.1) is 0 Å².